The Balaban J connectivity index is 2.03. The van der Waals surface area contributed by atoms with Crippen LogP contribution in [0, 0.1) is 0 Å². The Morgan fingerprint density at radius 2 is 1.92 bits per heavy atom. The van der Waals surface area contributed by atoms with Crippen molar-refractivity contribution in [1.82, 2.24) is 8.87 Å². The number of benzene rings is 2. The molecule has 0 spiro atoms. The highest BCUT2D eigenvalue weighted by molar-refractivity contribution is 7.90. The monoisotopic (exact) mass is 356 g/mol. The van der Waals surface area contributed by atoms with E-state index in [-0.39, 0.29) is 0 Å². The molecule has 2 aromatic carbocycles. The van der Waals surface area contributed by atoms with Crippen LogP contribution in [0.25, 0.3) is 22.0 Å². The van der Waals surface area contributed by atoms with Crippen LogP contribution in [0.3, 0.4) is 0 Å². The van der Waals surface area contributed by atoms with Gasteiger partial charge in [-0.15, -0.1) is 0 Å². The maximum absolute atomic E-state index is 13.1. The van der Waals surface area contributed by atoms with Crippen LogP contribution in [0.5, 0.6) is 5.75 Å². The van der Waals surface area contributed by atoms with Crippen LogP contribution in [0.1, 0.15) is 5.56 Å². The Hall–Kier alpha value is -2.31. The number of aromatic nitrogens is 1. The molecule has 0 unspecified atom stereocenters. The van der Waals surface area contributed by atoms with E-state index in [2.05, 4.69) is 4.90 Å². The number of likely N-dealkylation sites (N-methyl/N-ethyl adjacent to an activating group) is 1. The Morgan fingerprint density at radius 1 is 1.12 bits per heavy atom. The molecule has 1 aliphatic rings. The second kappa shape index (κ2) is 5.61. The molecule has 0 fully saturated rings. The number of hydrogen-bond acceptors (Lipinski definition) is 4. The standard InChI is InChI=1S/C19H20N2O3S/c1-20(2)10-9-13-12-21-19-15(13)5-4-6-16(19)17-11-14(24-3)7-8-18(17)25(21,22)23/h4-8,11-12H,9-10H2,1-3H3. The van der Waals surface area contributed by atoms with Gasteiger partial charge < -0.3 is 9.64 Å². The zero-order valence-electron chi connectivity index (χ0n) is 14.5. The predicted molar refractivity (Wildman–Crippen MR) is 98.8 cm³/mol. The SMILES string of the molecule is COc1ccc2c(c1)-c1cccc3c(CCN(C)C)cn(c13)S2(=O)=O. The molecule has 6 heteroatoms. The van der Waals surface area contributed by atoms with E-state index < -0.39 is 10.0 Å². The zero-order chi connectivity index (χ0) is 17.8. The lowest BCUT2D eigenvalue weighted by Crippen LogP contribution is -2.17. The van der Waals surface area contributed by atoms with Gasteiger partial charge in [0, 0.05) is 29.3 Å². The van der Waals surface area contributed by atoms with Crippen molar-refractivity contribution >= 4 is 20.9 Å². The molecule has 0 N–H and O–H groups in total. The van der Waals surface area contributed by atoms with E-state index >= 15 is 0 Å². The van der Waals surface area contributed by atoms with E-state index in [1.54, 1.807) is 31.5 Å². The van der Waals surface area contributed by atoms with Crippen molar-refractivity contribution in [3.63, 3.8) is 0 Å². The van der Waals surface area contributed by atoms with Gasteiger partial charge in [0.05, 0.1) is 17.5 Å². The molecule has 0 atom stereocenters. The summed E-state index contributed by atoms with van der Waals surface area (Å²) in [7, 11) is 2.01. The number of methoxy groups -OCH3 is 1. The Labute approximate surface area is 147 Å². The number of hydrogen-bond donors (Lipinski definition) is 0. The molecule has 1 aromatic heterocycles. The summed E-state index contributed by atoms with van der Waals surface area (Å²) in [5.74, 6) is 0.652. The average Bonchev–Trinajstić information content (AvgIpc) is 2.98. The maximum atomic E-state index is 13.1. The topological polar surface area (TPSA) is 51.5 Å². The van der Waals surface area contributed by atoms with Crippen LogP contribution in [0.4, 0.5) is 0 Å². The third-order valence-corrected chi connectivity index (χ3v) is 6.44. The fraction of sp³-hybridized carbons (Fsp3) is 0.263. The summed E-state index contributed by atoms with van der Waals surface area (Å²) < 4.78 is 33.0. The largest absolute Gasteiger partial charge is 0.497 e. The molecular formula is C19H20N2O3S. The minimum absolute atomic E-state index is 0.322. The fourth-order valence-electron chi connectivity index (χ4n) is 3.44. The molecule has 130 valence electrons. The minimum atomic E-state index is -3.60. The third-order valence-electron chi connectivity index (χ3n) is 4.72. The third kappa shape index (κ3) is 2.36. The molecule has 2 heterocycles. The summed E-state index contributed by atoms with van der Waals surface area (Å²) in [6, 6.07) is 11.1. The fourth-order valence-corrected chi connectivity index (χ4v) is 5.05. The van der Waals surface area contributed by atoms with Gasteiger partial charge in [-0.2, -0.15) is 0 Å². The zero-order valence-corrected chi connectivity index (χ0v) is 15.3. The molecule has 0 bridgehead atoms. The van der Waals surface area contributed by atoms with Crippen molar-refractivity contribution in [2.45, 2.75) is 11.3 Å². The summed E-state index contributed by atoms with van der Waals surface area (Å²) in [6.07, 6.45) is 2.58. The molecule has 0 saturated heterocycles. The van der Waals surface area contributed by atoms with Gasteiger partial charge in [-0.05, 0) is 44.3 Å². The second-order valence-corrected chi connectivity index (χ2v) is 8.36. The van der Waals surface area contributed by atoms with Crippen LogP contribution in [0.2, 0.25) is 0 Å². The summed E-state index contributed by atoms with van der Waals surface area (Å²) in [4.78, 5) is 2.42. The highest BCUT2D eigenvalue weighted by Gasteiger charge is 2.31. The van der Waals surface area contributed by atoms with E-state index in [1.807, 2.05) is 32.3 Å². The van der Waals surface area contributed by atoms with Crippen molar-refractivity contribution in [3.05, 3.63) is 48.2 Å². The van der Waals surface area contributed by atoms with Gasteiger partial charge >= 0.3 is 0 Å². The highest BCUT2D eigenvalue weighted by atomic mass is 32.2. The number of ether oxygens (including phenoxy) is 1. The number of fused-ring (bicyclic) bond motifs is 2. The van der Waals surface area contributed by atoms with E-state index in [1.165, 1.54) is 3.97 Å². The first-order valence-corrected chi connectivity index (χ1v) is 9.59. The van der Waals surface area contributed by atoms with Crippen molar-refractivity contribution in [1.29, 1.82) is 0 Å². The van der Waals surface area contributed by atoms with E-state index in [4.69, 9.17) is 4.74 Å². The second-order valence-electron chi connectivity index (χ2n) is 6.57. The predicted octanol–water partition coefficient (Wildman–Crippen LogP) is 2.97. The molecule has 25 heavy (non-hydrogen) atoms. The Kier molecular flexibility index (Phi) is 3.63. The number of para-hydroxylation sites is 1. The summed E-state index contributed by atoms with van der Waals surface area (Å²) in [5, 5.41) is 0.997. The number of rotatable bonds is 4. The van der Waals surface area contributed by atoms with Crippen LogP contribution < -0.4 is 4.74 Å². The van der Waals surface area contributed by atoms with Crippen molar-refractivity contribution in [2.75, 3.05) is 27.7 Å². The molecule has 0 saturated carbocycles. The van der Waals surface area contributed by atoms with Crippen LogP contribution in [0.15, 0.2) is 47.5 Å². The minimum Gasteiger partial charge on any atom is -0.497 e. The van der Waals surface area contributed by atoms with E-state index in [0.29, 0.717) is 16.2 Å². The van der Waals surface area contributed by atoms with Gasteiger partial charge in [0.15, 0.2) is 0 Å². The lowest BCUT2D eigenvalue weighted by atomic mass is 10.0. The van der Waals surface area contributed by atoms with Gasteiger partial charge in [-0.3, -0.25) is 0 Å². The van der Waals surface area contributed by atoms with Gasteiger partial charge in [-0.1, -0.05) is 18.2 Å². The molecule has 0 aliphatic carbocycles. The molecule has 3 aromatic rings. The van der Waals surface area contributed by atoms with Gasteiger partial charge in [0.2, 0.25) is 0 Å². The first kappa shape index (κ1) is 16.2. The van der Waals surface area contributed by atoms with Gasteiger partial charge in [0.1, 0.15) is 5.75 Å². The molecule has 5 nitrogen and oxygen atoms in total. The quantitative estimate of drug-likeness (QED) is 0.564. The van der Waals surface area contributed by atoms with Crippen LogP contribution in [-0.2, 0) is 16.4 Å². The van der Waals surface area contributed by atoms with Gasteiger partial charge in [0.25, 0.3) is 10.0 Å². The molecule has 0 radical (unpaired) electrons. The Morgan fingerprint density at radius 3 is 2.64 bits per heavy atom. The lowest BCUT2D eigenvalue weighted by molar-refractivity contribution is 0.414. The lowest BCUT2D eigenvalue weighted by Gasteiger charge is -2.20. The smallest absolute Gasteiger partial charge is 0.268 e. The van der Waals surface area contributed by atoms with Crippen molar-refractivity contribution in [2.24, 2.45) is 0 Å². The molecular weight excluding hydrogens is 336 g/mol. The Bertz CT molecular complexity index is 1080. The number of nitrogens with zero attached hydrogens (tertiary/aromatic N) is 2. The van der Waals surface area contributed by atoms with Gasteiger partial charge in [-0.25, -0.2) is 12.4 Å². The molecule has 1 aliphatic heterocycles. The summed E-state index contributed by atoms with van der Waals surface area (Å²) in [6.45, 7) is 0.865. The maximum Gasteiger partial charge on any atom is 0.268 e. The normalized spacial score (nSPS) is 14.7. The van der Waals surface area contributed by atoms with E-state index in [0.717, 1.165) is 35.0 Å². The van der Waals surface area contributed by atoms with Crippen molar-refractivity contribution < 1.29 is 13.2 Å². The first-order valence-electron chi connectivity index (χ1n) is 8.15. The van der Waals surface area contributed by atoms with Crippen molar-refractivity contribution in [3.8, 4) is 16.9 Å². The van der Waals surface area contributed by atoms with E-state index in [9.17, 15) is 8.42 Å². The van der Waals surface area contributed by atoms with Crippen LogP contribution >= 0.6 is 0 Å². The molecule has 4 rings (SSSR count). The molecule has 0 amide bonds. The first-order chi connectivity index (χ1) is 11.9. The summed E-state index contributed by atoms with van der Waals surface area (Å²) in [5.41, 5.74) is 3.44. The highest BCUT2D eigenvalue weighted by Crippen LogP contribution is 2.42. The van der Waals surface area contributed by atoms with Crippen LogP contribution in [-0.4, -0.2) is 45.0 Å². The average molecular weight is 356 g/mol. The summed E-state index contributed by atoms with van der Waals surface area (Å²) >= 11 is 0.